The number of rotatable bonds is 6. The molecule has 11 heteroatoms. The molecule has 0 atom stereocenters. The van der Waals surface area contributed by atoms with Crippen LogP contribution in [0.4, 0.5) is 10.2 Å². The third kappa shape index (κ3) is 4.64. The summed E-state index contributed by atoms with van der Waals surface area (Å²) in [5.74, 6) is 0.259. The molecule has 0 fully saturated rings. The van der Waals surface area contributed by atoms with Crippen LogP contribution in [0.3, 0.4) is 0 Å². The molecule has 202 valence electrons. The molecular weight excluding hydrogens is 523 g/mol. The minimum Gasteiger partial charge on any atom is -0.507 e. The SMILES string of the molecule is CC1(C)COc2nc3c(NCCc4ccc(O)c(-c5cc(C#N)ccc5F)c4)nc(-c4cncc(C#N)c4)nc3n21. The third-order valence-corrected chi connectivity index (χ3v) is 6.91. The highest BCUT2D eigenvalue weighted by atomic mass is 19.1. The average Bonchev–Trinajstić information content (AvgIpc) is 3.51. The number of ether oxygens (including phenoxy) is 1. The molecule has 0 spiro atoms. The zero-order chi connectivity index (χ0) is 28.7. The summed E-state index contributed by atoms with van der Waals surface area (Å²) < 4.78 is 22.4. The Morgan fingerprint density at radius 2 is 1.85 bits per heavy atom. The lowest BCUT2D eigenvalue weighted by molar-refractivity contribution is 0.268. The van der Waals surface area contributed by atoms with Crippen LogP contribution in [0, 0.1) is 28.5 Å². The predicted octanol–water partition coefficient (Wildman–Crippen LogP) is 4.93. The van der Waals surface area contributed by atoms with E-state index in [1.54, 1.807) is 24.4 Å². The maximum Gasteiger partial charge on any atom is 0.299 e. The second-order valence-electron chi connectivity index (χ2n) is 10.3. The average molecular weight is 547 g/mol. The van der Waals surface area contributed by atoms with E-state index in [-0.39, 0.29) is 16.9 Å². The van der Waals surface area contributed by atoms with Gasteiger partial charge in [-0.15, -0.1) is 0 Å². The van der Waals surface area contributed by atoms with E-state index in [0.29, 0.717) is 70.6 Å². The Morgan fingerprint density at radius 1 is 1.02 bits per heavy atom. The molecule has 4 heterocycles. The van der Waals surface area contributed by atoms with E-state index >= 15 is 0 Å². The molecule has 0 aliphatic carbocycles. The van der Waals surface area contributed by atoms with Crippen molar-refractivity contribution in [3.63, 3.8) is 0 Å². The van der Waals surface area contributed by atoms with Gasteiger partial charge in [-0.1, -0.05) is 6.07 Å². The van der Waals surface area contributed by atoms with Crippen LogP contribution in [0.2, 0.25) is 0 Å². The maximum absolute atomic E-state index is 14.6. The second kappa shape index (κ2) is 9.88. The lowest BCUT2D eigenvalue weighted by atomic mass is 9.98. The van der Waals surface area contributed by atoms with Gasteiger partial charge in [0.15, 0.2) is 22.8 Å². The Bertz CT molecular complexity index is 1920. The third-order valence-electron chi connectivity index (χ3n) is 6.91. The molecule has 0 saturated carbocycles. The molecule has 6 rings (SSSR count). The van der Waals surface area contributed by atoms with Gasteiger partial charge in [0.05, 0.1) is 22.7 Å². The van der Waals surface area contributed by atoms with E-state index in [4.69, 9.17) is 14.7 Å². The number of fused-ring (bicyclic) bond motifs is 3. The molecule has 0 amide bonds. The zero-order valence-corrected chi connectivity index (χ0v) is 22.2. The van der Waals surface area contributed by atoms with Gasteiger partial charge in [0.2, 0.25) is 0 Å². The lowest BCUT2D eigenvalue weighted by Gasteiger charge is -2.18. The minimum absolute atomic E-state index is 0.0822. The van der Waals surface area contributed by atoms with Crippen molar-refractivity contribution in [2.24, 2.45) is 0 Å². The number of hydrogen-bond acceptors (Lipinski definition) is 9. The van der Waals surface area contributed by atoms with Crippen LogP contribution in [0.1, 0.15) is 30.5 Å². The lowest BCUT2D eigenvalue weighted by Crippen LogP contribution is -2.25. The monoisotopic (exact) mass is 546 g/mol. The molecule has 1 aliphatic heterocycles. The molecule has 0 saturated heterocycles. The summed E-state index contributed by atoms with van der Waals surface area (Å²) in [6.07, 6.45) is 3.59. The van der Waals surface area contributed by atoms with Crippen molar-refractivity contribution in [3.8, 4) is 46.4 Å². The molecule has 41 heavy (non-hydrogen) atoms. The first-order chi connectivity index (χ1) is 19.8. The second-order valence-corrected chi connectivity index (χ2v) is 10.3. The molecule has 5 aromatic rings. The highest BCUT2D eigenvalue weighted by Crippen LogP contribution is 2.37. The Morgan fingerprint density at radius 3 is 2.66 bits per heavy atom. The first kappa shape index (κ1) is 25.7. The summed E-state index contributed by atoms with van der Waals surface area (Å²) in [5, 5.41) is 32.4. The number of pyridine rings is 1. The van der Waals surface area contributed by atoms with E-state index < -0.39 is 5.82 Å². The molecule has 3 aromatic heterocycles. The Kier molecular flexibility index (Phi) is 6.20. The number of aromatic nitrogens is 5. The van der Waals surface area contributed by atoms with E-state index in [9.17, 15) is 20.0 Å². The van der Waals surface area contributed by atoms with Crippen LogP contribution < -0.4 is 10.1 Å². The maximum atomic E-state index is 14.6. The van der Waals surface area contributed by atoms with Gasteiger partial charge in [0, 0.05) is 35.6 Å². The number of phenolic OH excluding ortho intramolecular Hbond substituents is 1. The number of halogens is 1. The topological polar surface area (TPSA) is 146 Å². The normalized spacial score (nSPS) is 13.3. The summed E-state index contributed by atoms with van der Waals surface area (Å²) in [4.78, 5) is 18.3. The highest BCUT2D eigenvalue weighted by Gasteiger charge is 2.36. The van der Waals surface area contributed by atoms with E-state index in [2.05, 4.69) is 21.4 Å². The number of nitrogens with zero attached hydrogens (tertiary/aromatic N) is 7. The van der Waals surface area contributed by atoms with Gasteiger partial charge in [0.1, 0.15) is 24.2 Å². The number of imidazole rings is 1. The minimum atomic E-state index is -0.529. The summed E-state index contributed by atoms with van der Waals surface area (Å²) >= 11 is 0. The van der Waals surface area contributed by atoms with Crippen LogP contribution in [0.15, 0.2) is 54.9 Å². The first-order valence-electron chi connectivity index (χ1n) is 12.8. The van der Waals surface area contributed by atoms with Crippen molar-refractivity contribution in [2.45, 2.75) is 25.8 Å². The number of benzene rings is 2. The first-order valence-corrected chi connectivity index (χ1v) is 12.8. The van der Waals surface area contributed by atoms with Crippen LogP contribution in [-0.4, -0.2) is 42.8 Å². The van der Waals surface area contributed by atoms with Crippen LogP contribution >= 0.6 is 0 Å². The summed E-state index contributed by atoms with van der Waals surface area (Å²) in [5.41, 5.74) is 3.33. The fourth-order valence-electron chi connectivity index (χ4n) is 4.84. The summed E-state index contributed by atoms with van der Waals surface area (Å²) in [7, 11) is 0. The Labute approximate surface area is 234 Å². The highest BCUT2D eigenvalue weighted by molar-refractivity contribution is 5.86. The van der Waals surface area contributed by atoms with Crippen molar-refractivity contribution in [1.82, 2.24) is 24.5 Å². The van der Waals surface area contributed by atoms with E-state index in [0.717, 1.165) is 5.56 Å². The van der Waals surface area contributed by atoms with Gasteiger partial charge in [0.25, 0.3) is 6.01 Å². The van der Waals surface area contributed by atoms with E-state index in [1.807, 2.05) is 24.5 Å². The zero-order valence-electron chi connectivity index (χ0n) is 22.2. The van der Waals surface area contributed by atoms with Crippen molar-refractivity contribution < 1.29 is 14.2 Å². The fraction of sp³-hybridized carbons (Fsp3) is 0.200. The number of hydrogen-bond donors (Lipinski definition) is 2. The Balaban J connectivity index is 1.34. The number of nitrogens with one attached hydrogen (secondary N) is 1. The van der Waals surface area contributed by atoms with Crippen molar-refractivity contribution >= 4 is 17.0 Å². The standard InChI is InChI=1S/C30H23FN8O2/c1-30(2)16-41-29-36-25-27(37-26(38-28(25)39(29)30)20-9-19(13-33)14-34-15-20)35-8-7-17-4-6-24(40)22(10-17)21-11-18(12-32)3-5-23(21)31/h3-6,9-11,14-15,40H,7-8,16H2,1-2H3,(H,35,37,38). The molecular formula is C30H23FN8O2. The van der Waals surface area contributed by atoms with Gasteiger partial charge >= 0.3 is 0 Å². The van der Waals surface area contributed by atoms with Crippen molar-refractivity contribution in [1.29, 1.82) is 10.5 Å². The number of anilines is 1. The molecule has 0 radical (unpaired) electrons. The fourth-order valence-corrected chi connectivity index (χ4v) is 4.84. The summed E-state index contributed by atoms with van der Waals surface area (Å²) in [6.45, 7) is 4.96. The number of phenols is 1. The summed E-state index contributed by atoms with van der Waals surface area (Å²) in [6, 6.07) is 15.2. The quantitative estimate of drug-likeness (QED) is 0.303. The van der Waals surface area contributed by atoms with Crippen LogP contribution in [-0.2, 0) is 12.0 Å². The molecule has 2 N–H and O–H groups in total. The van der Waals surface area contributed by atoms with Crippen molar-refractivity contribution in [3.05, 3.63) is 77.4 Å². The van der Waals surface area contributed by atoms with Crippen molar-refractivity contribution in [2.75, 3.05) is 18.5 Å². The van der Waals surface area contributed by atoms with Gasteiger partial charge in [-0.3, -0.25) is 9.55 Å². The smallest absolute Gasteiger partial charge is 0.299 e. The van der Waals surface area contributed by atoms with Gasteiger partial charge in [-0.05, 0) is 62.2 Å². The van der Waals surface area contributed by atoms with Gasteiger partial charge in [-0.25, -0.2) is 14.4 Å². The number of nitriles is 2. The van der Waals surface area contributed by atoms with Gasteiger partial charge < -0.3 is 15.2 Å². The number of aromatic hydroxyl groups is 1. The molecule has 2 aromatic carbocycles. The van der Waals surface area contributed by atoms with E-state index in [1.165, 1.54) is 30.5 Å². The van der Waals surface area contributed by atoms with Crippen LogP contribution in [0.25, 0.3) is 33.7 Å². The largest absolute Gasteiger partial charge is 0.507 e. The molecule has 1 aliphatic rings. The molecule has 0 unspecified atom stereocenters. The molecule has 0 bridgehead atoms. The molecule has 10 nitrogen and oxygen atoms in total. The predicted molar refractivity (Wildman–Crippen MR) is 148 cm³/mol. The van der Waals surface area contributed by atoms with Crippen LogP contribution in [0.5, 0.6) is 11.8 Å². The Hall–Kier alpha value is -5.55. The van der Waals surface area contributed by atoms with Gasteiger partial charge in [-0.2, -0.15) is 15.5 Å².